The highest BCUT2D eigenvalue weighted by Gasteiger charge is 2.19. The summed E-state index contributed by atoms with van der Waals surface area (Å²) in [6, 6.07) is 6.30. The maximum absolute atomic E-state index is 6.34. The zero-order chi connectivity index (χ0) is 13.0. The molecule has 0 radical (unpaired) electrons. The molecule has 18 heavy (non-hydrogen) atoms. The fourth-order valence-electron chi connectivity index (χ4n) is 2.42. The first-order valence-corrected chi connectivity index (χ1v) is 6.88. The summed E-state index contributed by atoms with van der Waals surface area (Å²) in [5.74, 6) is 0.813. The van der Waals surface area contributed by atoms with Crippen molar-refractivity contribution in [2.24, 2.45) is 0 Å². The van der Waals surface area contributed by atoms with E-state index >= 15 is 0 Å². The number of ether oxygens (including phenoxy) is 1. The predicted molar refractivity (Wildman–Crippen MR) is 75.5 cm³/mol. The van der Waals surface area contributed by atoms with E-state index in [2.05, 4.69) is 23.2 Å². The van der Waals surface area contributed by atoms with E-state index in [0.29, 0.717) is 6.04 Å². The topological polar surface area (TPSA) is 24.5 Å². The molecule has 1 heterocycles. The second kappa shape index (κ2) is 6.41. The molecule has 1 fully saturated rings. The lowest BCUT2D eigenvalue weighted by molar-refractivity contribution is 0.225. The van der Waals surface area contributed by atoms with Crippen molar-refractivity contribution in [3.8, 4) is 5.75 Å². The molecule has 1 aliphatic rings. The van der Waals surface area contributed by atoms with E-state index in [1.807, 2.05) is 12.1 Å². The van der Waals surface area contributed by atoms with Crippen molar-refractivity contribution >= 4 is 11.6 Å². The van der Waals surface area contributed by atoms with Gasteiger partial charge in [0, 0.05) is 24.2 Å². The fourth-order valence-corrected chi connectivity index (χ4v) is 2.75. The van der Waals surface area contributed by atoms with Gasteiger partial charge in [0.15, 0.2) is 0 Å². The Hall–Kier alpha value is -0.770. The molecule has 0 aromatic heterocycles. The maximum atomic E-state index is 6.34. The summed E-state index contributed by atoms with van der Waals surface area (Å²) < 4.78 is 5.19. The Morgan fingerprint density at radius 1 is 1.33 bits per heavy atom. The van der Waals surface area contributed by atoms with E-state index < -0.39 is 0 Å². The van der Waals surface area contributed by atoms with Gasteiger partial charge in [-0.1, -0.05) is 17.7 Å². The minimum atomic E-state index is 0.350. The van der Waals surface area contributed by atoms with Crippen molar-refractivity contribution in [3.63, 3.8) is 0 Å². The first kappa shape index (κ1) is 13.7. The van der Waals surface area contributed by atoms with Crippen molar-refractivity contribution in [2.75, 3.05) is 33.3 Å². The number of nitrogens with one attached hydrogen (secondary N) is 1. The Kier molecular flexibility index (Phi) is 4.87. The van der Waals surface area contributed by atoms with E-state index in [1.165, 1.54) is 12.0 Å². The summed E-state index contributed by atoms with van der Waals surface area (Å²) in [6.45, 7) is 6.58. The molecular formula is C14H21ClN2O. The average Bonchev–Trinajstić information content (AvgIpc) is 2.66. The number of rotatable bonds is 3. The lowest BCUT2D eigenvalue weighted by atomic mass is 10.1. The maximum Gasteiger partial charge on any atom is 0.120 e. The Morgan fingerprint density at radius 2 is 2.17 bits per heavy atom. The fraction of sp³-hybridized carbons (Fsp3) is 0.571. The molecule has 1 aliphatic heterocycles. The third kappa shape index (κ3) is 3.16. The molecule has 0 amide bonds. The number of hydrogen-bond acceptors (Lipinski definition) is 3. The van der Waals surface area contributed by atoms with Crippen molar-refractivity contribution in [1.29, 1.82) is 0 Å². The zero-order valence-electron chi connectivity index (χ0n) is 11.1. The van der Waals surface area contributed by atoms with Gasteiger partial charge in [-0.15, -0.1) is 0 Å². The normalized spacial score (nSPS) is 19.3. The number of nitrogens with zero attached hydrogens (tertiary/aromatic N) is 1. The molecule has 1 atom stereocenters. The molecule has 1 aromatic rings. The van der Waals surface area contributed by atoms with Gasteiger partial charge in [-0.3, -0.25) is 4.90 Å². The molecule has 2 rings (SSSR count). The van der Waals surface area contributed by atoms with Crippen LogP contribution in [0.25, 0.3) is 0 Å². The van der Waals surface area contributed by atoms with Crippen LogP contribution in [0.1, 0.15) is 24.9 Å². The van der Waals surface area contributed by atoms with E-state index in [9.17, 15) is 0 Å². The van der Waals surface area contributed by atoms with E-state index in [-0.39, 0.29) is 0 Å². The quantitative estimate of drug-likeness (QED) is 0.912. The molecule has 1 saturated heterocycles. The van der Waals surface area contributed by atoms with Gasteiger partial charge < -0.3 is 10.1 Å². The van der Waals surface area contributed by atoms with Crippen molar-refractivity contribution in [1.82, 2.24) is 10.2 Å². The second-order valence-electron chi connectivity index (χ2n) is 4.70. The summed E-state index contributed by atoms with van der Waals surface area (Å²) in [7, 11) is 1.66. The molecule has 3 nitrogen and oxygen atoms in total. The lowest BCUT2D eigenvalue weighted by Gasteiger charge is -2.28. The monoisotopic (exact) mass is 268 g/mol. The van der Waals surface area contributed by atoms with E-state index in [4.69, 9.17) is 16.3 Å². The SMILES string of the molecule is COc1ccc(C(C)N2CCCNCC2)c(Cl)c1. The van der Waals surface area contributed by atoms with Crippen LogP contribution in [0.15, 0.2) is 18.2 Å². The number of benzene rings is 1. The molecule has 0 bridgehead atoms. The van der Waals surface area contributed by atoms with Gasteiger partial charge in [0.1, 0.15) is 5.75 Å². The molecule has 100 valence electrons. The smallest absolute Gasteiger partial charge is 0.120 e. The minimum Gasteiger partial charge on any atom is -0.497 e. The van der Waals surface area contributed by atoms with E-state index in [1.54, 1.807) is 7.11 Å². The van der Waals surface area contributed by atoms with Crippen LogP contribution in [0.5, 0.6) is 5.75 Å². The average molecular weight is 269 g/mol. The summed E-state index contributed by atoms with van der Waals surface area (Å²) in [5.41, 5.74) is 1.18. The highest BCUT2D eigenvalue weighted by molar-refractivity contribution is 6.31. The standard InChI is InChI=1S/C14H21ClN2O/c1-11(17-8-3-6-16-7-9-17)13-5-4-12(18-2)10-14(13)15/h4-5,10-11,16H,3,6-9H2,1-2H3. The number of halogens is 1. The molecule has 0 saturated carbocycles. The molecule has 4 heteroatoms. The van der Waals surface area contributed by atoms with Crippen molar-refractivity contribution < 1.29 is 4.74 Å². The van der Waals surface area contributed by atoms with Gasteiger partial charge in [0.25, 0.3) is 0 Å². The van der Waals surface area contributed by atoms with Gasteiger partial charge >= 0.3 is 0 Å². The van der Waals surface area contributed by atoms with Crippen LogP contribution < -0.4 is 10.1 Å². The summed E-state index contributed by atoms with van der Waals surface area (Å²) >= 11 is 6.34. The van der Waals surface area contributed by atoms with Crippen LogP contribution in [-0.2, 0) is 0 Å². The third-order valence-electron chi connectivity index (χ3n) is 3.58. The molecule has 1 aromatic carbocycles. The minimum absolute atomic E-state index is 0.350. The number of methoxy groups -OCH3 is 1. The van der Waals surface area contributed by atoms with Crippen LogP contribution in [0.4, 0.5) is 0 Å². The highest BCUT2D eigenvalue weighted by atomic mass is 35.5. The number of hydrogen-bond donors (Lipinski definition) is 1. The van der Waals surface area contributed by atoms with Gasteiger partial charge in [-0.25, -0.2) is 0 Å². The van der Waals surface area contributed by atoms with Gasteiger partial charge in [0.05, 0.1) is 7.11 Å². The Balaban J connectivity index is 2.14. The molecular weight excluding hydrogens is 248 g/mol. The van der Waals surface area contributed by atoms with Gasteiger partial charge in [-0.2, -0.15) is 0 Å². The van der Waals surface area contributed by atoms with E-state index in [0.717, 1.165) is 37.0 Å². The van der Waals surface area contributed by atoms with Crippen LogP contribution in [0.3, 0.4) is 0 Å². The molecule has 0 aliphatic carbocycles. The highest BCUT2D eigenvalue weighted by Crippen LogP contribution is 2.30. The largest absolute Gasteiger partial charge is 0.497 e. The van der Waals surface area contributed by atoms with Crippen molar-refractivity contribution in [3.05, 3.63) is 28.8 Å². The van der Waals surface area contributed by atoms with Gasteiger partial charge in [-0.05, 0) is 44.1 Å². The van der Waals surface area contributed by atoms with Crippen molar-refractivity contribution in [2.45, 2.75) is 19.4 Å². The second-order valence-corrected chi connectivity index (χ2v) is 5.11. The summed E-state index contributed by atoms with van der Waals surface area (Å²) in [6.07, 6.45) is 1.19. The van der Waals surface area contributed by atoms with Crippen LogP contribution >= 0.6 is 11.6 Å². The third-order valence-corrected chi connectivity index (χ3v) is 3.91. The lowest BCUT2D eigenvalue weighted by Crippen LogP contribution is -2.30. The Labute approximate surface area is 114 Å². The first-order valence-electron chi connectivity index (χ1n) is 6.50. The van der Waals surface area contributed by atoms with Crippen LogP contribution in [-0.4, -0.2) is 38.2 Å². The Bertz CT molecular complexity index is 389. The summed E-state index contributed by atoms with van der Waals surface area (Å²) in [5, 5.41) is 4.21. The zero-order valence-corrected chi connectivity index (χ0v) is 11.8. The van der Waals surface area contributed by atoms with Crippen LogP contribution in [0.2, 0.25) is 5.02 Å². The molecule has 1 N–H and O–H groups in total. The first-order chi connectivity index (χ1) is 8.72. The molecule has 0 spiro atoms. The van der Waals surface area contributed by atoms with Crippen LogP contribution in [0, 0.1) is 0 Å². The molecule has 1 unspecified atom stereocenters. The summed E-state index contributed by atoms with van der Waals surface area (Å²) in [4.78, 5) is 2.48. The predicted octanol–water partition coefficient (Wildman–Crippen LogP) is 2.70. The Morgan fingerprint density at radius 3 is 2.89 bits per heavy atom. The van der Waals surface area contributed by atoms with Gasteiger partial charge in [0.2, 0.25) is 0 Å².